The molecular weight excluding hydrogens is 316 g/mol. The van der Waals surface area contributed by atoms with Gasteiger partial charge in [0.1, 0.15) is 11.3 Å². The van der Waals surface area contributed by atoms with Gasteiger partial charge in [-0.1, -0.05) is 6.07 Å². The van der Waals surface area contributed by atoms with Gasteiger partial charge in [-0.05, 0) is 42.2 Å². The SMILES string of the molecule is O=c1c(C2CC2c2cn3ccc(CO)cc3n2)cnc2ccccn12. The van der Waals surface area contributed by atoms with E-state index < -0.39 is 0 Å². The fraction of sp³-hybridized carbons (Fsp3) is 0.211. The molecule has 4 heterocycles. The van der Waals surface area contributed by atoms with Crippen molar-refractivity contribution in [2.24, 2.45) is 0 Å². The zero-order valence-electron chi connectivity index (χ0n) is 13.4. The Labute approximate surface area is 143 Å². The molecule has 0 aromatic carbocycles. The molecule has 1 aliphatic rings. The molecule has 6 heteroatoms. The molecule has 1 N–H and O–H groups in total. The summed E-state index contributed by atoms with van der Waals surface area (Å²) in [6.45, 7) is 0.00424. The first-order valence-corrected chi connectivity index (χ1v) is 8.29. The highest BCUT2D eigenvalue weighted by Gasteiger charge is 2.43. The monoisotopic (exact) mass is 332 g/mol. The molecule has 0 saturated heterocycles. The smallest absolute Gasteiger partial charge is 0.261 e. The van der Waals surface area contributed by atoms with E-state index in [1.54, 1.807) is 16.8 Å². The molecule has 4 aromatic heterocycles. The summed E-state index contributed by atoms with van der Waals surface area (Å²) in [6, 6.07) is 9.30. The van der Waals surface area contributed by atoms with Gasteiger partial charge >= 0.3 is 0 Å². The van der Waals surface area contributed by atoms with Gasteiger partial charge in [-0.15, -0.1) is 0 Å². The molecule has 0 spiro atoms. The Bertz CT molecular complexity index is 1160. The predicted molar refractivity (Wildman–Crippen MR) is 92.7 cm³/mol. The Morgan fingerprint density at radius 2 is 2.08 bits per heavy atom. The highest BCUT2D eigenvalue weighted by Crippen LogP contribution is 2.53. The minimum atomic E-state index is 0.00410. The van der Waals surface area contributed by atoms with Crippen LogP contribution in [0.3, 0.4) is 0 Å². The van der Waals surface area contributed by atoms with Crippen LogP contribution in [0.2, 0.25) is 0 Å². The van der Waals surface area contributed by atoms with E-state index >= 15 is 0 Å². The summed E-state index contributed by atoms with van der Waals surface area (Å²) in [7, 11) is 0. The number of nitrogens with zero attached hydrogens (tertiary/aromatic N) is 4. The van der Waals surface area contributed by atoms with E-state index in [9.17, 15) is 9.90 Å². The zero-order valence-corrected chi connectivity index (χ0v) is 13.4. The Kier molecular flexibility index (Phi) is 3.02. The molecule has 1 saturated carbocycles. The van der Waals surface area contributed by atoms with E-state index in [0.717, 1.165) is 28.9 Å². The molecule has 1 fully saturated rings. The molecule has 0 radical (unpaired) electrons. The molecule has 5 rings (SSSR count). The minimum Gasteiger partial charge on any atom is -0.392 e. The standard InChI is InChI=1S/C19H16N4O2/c24-11-12-4-6-22-10-16(21-18(22)7-12)14-8-13(14)15-9-20-17-3-1-2-5-23(17)19(15)25/h1-7,9-10,13-14,24H,8,11H2. The lowest BCUT2D eigenvalue weighted by Gasteiger charge is -2.02. The molecule has 0 bridgehead atoms. The quantitative estimate of drug-likeness (QED) is 0.624. The molecule has 124 valence electrons. The predicted octanol–water partition coefficient (Wildman–Crippen LogP) is 2.11. The average Bonchev–Trinajstić information content (AvgIpc) is 3.32. The van der Waals surface area contributed by atoms with Crippen molar-refractivity contribution in [3.8, 4) is 0 Å². The molecule has 1 aliphatic carbocycles. The van der Waals surface area contributed by atoms with Crippen molar-refractivity contribution >= 4 is 11.3 Å². The number of aliphatic hydroxyl groups excluding tert-OH is 1. The van der Waals surface area contributed by atoms with Gasteiger partial charge < -0.3 is 9.51 Å². The van der Waals surface area contributed by atoms with Crippen LogP contribution in [0, 0.1) is 0 Å². The van der Waals surface area contributed by atoms with Crippen molar-refractivity contribution in [3.63, 3.8) is 0 Å². The van der Waals surface area contributed by atoms with Crippen LogP contribution in [0.25, 0.3) is 11.3 Å². The van der Waals surface area contributed by atoms with E-state index in [-0.39, 0.29) is 24.0 Å². The Hall–Kier alpha value is -2.99. The van der Waals surface area contributed by atoms with Crippen molar-refractivity contribution < 1.29 is 5.11 Å². The topological polar surface area (TPSA) is 71.9 Å². The maximum absolute atomic E-state index is 12.7. The van der Waals surface area contributed by atoms with Crippen LogP contribution in [0.1, 0.15) is 35.1 Å². The van der Waals surface area contributed by atoms with Crippen molar-refractivity contribution in [1.82, 2.24) is 18.8 Å². The van der Waals surface area contributed by atoms with E-state index in [1.807, 2.05) is 47.1 Å². The number of aromatic nitrogens is 4. The highest BCUT2D eigenvalue weighted by atomic mass is 16.3. The summed E-state index contributed by atoms with van der Waals surface area (Å²) in [5.41, 5.74) is 4.07. The third kappa shape index (κ3) is 2.26. The molecule has 2 unspecified atom stereocenters. The summed E-state index contributed by atoms with van der Waals surface area (Å²) < 4.78 is 3.55. The van der Waals surface area contributed by atoms with Gasteiger partial charge in [0.25, 0.3) is 5.56 Å². The fourth-order valence-electron chi connectivity index (χ4n) is 3.48. The lowest BCUT2D eigenvalue weighted by molar-refractivity contribution is 0.282. The van der Waals surface area contributed by atoms with Crippen LogP contribution in [0.4, 0.5) is 0 Å². The molecule has 0 aliphatic heterocycles. The first-order chi connectivity index (χ1) is 12.2. The van der Waals surface area contributed by atoms with Crippen LogP contribution >= 0.6 is 0 Å². The highest BCUT2D eigenvalue weighted by molar-refractivity contribution is 5.46. The summed E-state index contributed by atoms with van der Waals surface area (Å²) in [4.78, 5) is 21.8. The van der Waals surface area contributed by atoms with Crippen LogP contribution in [-0.4, -0.2) is 23.9 Å². The van der Waals surface area contributed by atoms with Crippen LogP contribution in [0.5, 0.6) is 0 Å². The fourth-order valence-corrected chi connectivity index (χ4v) is 3.48. The molecule has 25 heavy (non-hydrogen) atoms. The number of rotatable bonds is 3. The van der Waals surface area contributed by atoms with Gasteiger partial charge in [0.05, 0.1) is 12.3 Å². The minimum absolute atomic E-state index is 0.00410. The number of hydrogen-bond acceptors (Lipinski definition) is 4. The second-order valence-electron chi connectivity index (χ2n) is 6.52. The largest absolute Gasteiger partial charge is 0.392 e. The van der Waals surface area contributed by atoms with Crippen molar-refractivity contribution in [2.75, 3.05) is 0 Å². The van der Waals surface area contributed by atoms with Crippen LogP contribution < -0.4 is 5.56 Å². The number of imidazole rings is 1. The van der Waals surface area contributed by atoms with Crippen molar-refractivity contribution in [2.45, 2.75) is 24.9 Å². The molecular formula is C19H16N4O2. The van der Waals surface area contributed by atoms with Gasteiger partial charge in [-0.25, -0.2) is 9.97 Å². The number of hydrogen-bond donors (Lipinski definition) is 1. The second kappa shape index (κ2) is 5.26. The van der Waals surface area contributed by atoms with Gasteiger partial charge in [0.15, 0.2) is 0 Å². The van der Waals surface area contributed by atoms with Gasteiger partial charge in [0, 0.05) is 36.3 Å². The molecule has 4 aromatic rings. The zero-order chi connectivity index (χ0) is 17.0. The summed E-state index contributed by atoms with van der Waals surface area (Å²) in [5.74, 6) is 0.410. The van der Waals surface area contributed by atoms with E-state index in [0.29, 0.717) is 5.65 Å². The van der Waals surface area contributed by atoms with E-state index in [4.69, 9.17) is 0 Å². The third-order valence-electron chi connectivity index (χ3n) is 4.94. The van der Waals surface area contributed by atoms with E-state index in [2.05, 4.69) is 9.97 Å². The average molecular weight is 332 g/mol. The molecule has 6 nitrogen and oxygen atoms in total. The summed E-state index contributed by atoms with van der Waals surface area (Å²) in [6.07, 6.45) is 8.29. The lowest BCUT2D eigenvalue weighted by atomic mass is 10.1. The lowest BCUT2D eigenvalue weighted by Crippen LogP contribution is -2.18. The number of fused-ring (bicyclic) bond motifs is 2. The van der Waals surface area contributed by atoms with Crippen molar-refractivity contribution in [1.29, 1.82) is 0 Å². The Morgan fingerprint density at radius 1 is 1.16 bits per heavy atom. The first kappa shape index (κ1) is 14.4. The third-order valence-corrected chi connectivity index (χ3v) is 4.94. The Balaban J connectivity index is 1.51. The first-order valence-electron chi connectivity index (χ1n) is 8.29. The van der Waals surface area contributed by atoms with Crippen molar-refractivity contribution in [3.05, 3.63) is 82.3 Å². The maximum Gasteiger partial charge on any atom is 0.261 e. The summed E-state index contributed by atoms with van der Waals surface area (Å²) in [5, 5.41) is 9.25. The van der Waals surface area contributed by atoms with Crippen LogP contribution in [0.15, 0.2) is 59.9 Å². The van der Waals surface area contributed by atoms with Crippen LogP contribution in [-0.2, 0) is 6.61 Å². The number of pyridine rings is 2. The summed E-state index contributed by atoms with van der Waals surface area (Å²) >= 11 is 0. The molecule has 2 atom stereocenters. The maximum atomic E-state index is 12.7. The van der Waals surface area contributed by atoms with E-state index in [1.165, 1.54) is 0 Å². The Morgan fingerprint density at radius 3 is 2.96 bits per heavy atom. The van der Waals surface area contributed by atoms with Gasteiger partial charge in [-0.3, -0.25) is 9.20 Å². The second-order valence-corrected chi connectivity index (χ2v) is 6.52. The van der Waals surface area contributed by atoms with Gasteiger partial charge in [-0.2, -0.15) is 0 Å². The normalized spacial score (nSPS) is 19.6. The van der Waals surface area contributed by atoms with Gasteiger partial charge in [0.2, 0.25) is 0 Å². The molecule has 0 amide bonds. The number of aliphatic hydroxyl groups is 1.